The lowest BCUT2D eigenvalue weighted by atomic mass is 9.95. The number of aliphatic hydroxyl groups excluding tert-OH is 1. The van der Waals surface area contributed by atoms with E-state index >= 15 is 0 Å². The lowest BCUT2D eigenvalue weighted by Crippen LogP contribution is -2.49. The van der Waals surface area contributed by atoms with Crippen LogP contribution < -0.4 is 0 Å². The minimum atomic E-state index is -3.52. The monoisotopic (exact) mass is 309 g/mol. The zero-order valence-electron chi connectivity index (χ0n) is 12.3. The third-order valence-corrected chi connectivity index (χ3v) is 3.43. The Bertz CT molecular complexity index is 441. The Morgan fingerprint density at radius 2 is 2.00 bits per heavy atom. The van der Waals surface area contributed by atoms with Crippen LogP contribution in [-0.2, 0) is 19.0 Å². The molecule has 0 spiro atoms. The van der Waals surface area contributed by atoms with E-state index in [4.69, 9.17) is 8.92 Å². The first-order valence-corrected chi connectivity index (χ1v) is 8.30. The first-order chi connectivity index (χ1) is 8.98. The summed E-state index contributed by atoms with van der Waals surface area (Å²) in [5.41, 5.74) is -0.585. The summed E-state index contributed by atoms with van der Waals surface area (Å²) in [6.45, 7) is 5.77. The molecule has 0 aromatic rings. The Morgan fingerprint density at radius 3 is 2.45 bits per heavy atom. The fraction of sp³-hybridized carbons (Fsp3) is 0.917. The Hall–Kier alpha value is -0.860. The minimum Gasteiger partial charge on any atom is -0.444 e. The van der Waals surface area contributed by atoms with Crippen LogP contribution in [0.3, 0.4) is 0 Å². The zero-order chi connectivity index (χ0) is 15.6. The van der Waals surface area contributed by atoms with Gasteiger partial charge in [-0.25, -0.2) is 4.79 Å². The van der Waals surface area contributed by atoms with Crippen LogP contribution in [0.25, 0.3) is 0 Å². The van der Waals surface area contributed by atoms with Crippen LogP contribution in [0.15, 0.2) is 0 Å². The van der Waals surface area contributed by atoms with E-state index < -0.39 is 27.9 Å². The number of carbonyl (C=O) groups excluding carboxylic acids is 1. The number of β-amino-alcohol motifs (C(OH)–C–C–N with tert-alkyl or cyclic N) is 1. The van der Waals surface area contributed by atoms with E-state index in [0.717, 1.165) is 6.26 Å². The Morgan fingerprint density at radius 1 is 1.40 bits per heavy atom. The van der Waals surface area contributed by atoms with Gasteiger partial charge >= 0.3 is 6.09 Å². The van der Waals surface area contributed by atoms with Crippen molar-refractivity contribution in [2.45, 2.75) is 38.9 Å². The van der Waals surface area contributed by atoms with Crippen LogP contribution in [0, 0.1) is 5.92 Å². The average molecular weight is 309 g/mol. The molecule has 20 heavy (non-hydrogen) atoms. The molecule has 0 radical (unpaired) electrons. The molecular weight excluding hydrogens is 286 g/mol. The van der Waals surface area contributed by atoms with Gasteiger partial charge in [0.1, 0.15) is 5.60 Å². The maximum atomic E-state index is 11.8. The molecule has 0 aromatic heterocycles. The maximum absolute atomic E-state index is 11.8. The van der Waals surface area contributed by atoms with Crippen molar-refractivity contribution < 1.29 is 27.2 Å². The minimum absolute atomic E-state index is 0.0673. The molecular formula is C12H23NO6S. The number of amides is 1. The van der Waals surface area contributed by atoms with Crippen LogP contribution in [0.2, 0.25) is 0 Å². The standard InChI is InChI=1S/C12H23NO6S/c1-12(2,3)19-11(15)13-6-5-9(10(14)7-13)8-18-20(4,16)17/h9-10,14H,5-8H2,1-4H3/t9-,10-/m0/s1. The van der Waals surface area contributed by atoms with Gasteiger partial charge in [-0.15, -0.1) is 0 Å². The molecule has 0 bridgehead atoms. The molecule has 0 aromatic carbocycles. The van der Waals surface area contributed by atoms with E-state index in [2.05, 4.69) is 0 Å². The van der Waals surface area contributed by atoms with E-state index in [0.29, 0.717) is 13.0 Å². The summed E-state index contributed by atoms with van der Waals surface area (Å²) in [5, 5.41) is 9.96. The third-order valence-electron chi connectivity index (χ3n) is 2.87. The largest absolute Gasteiger partial charge is 0.444 e. The molecule has 1 fully saturated rings. The van der Waals surface area contributed by atoms with Gasteiger partial charge in [0.25, 0.3) is 10.1 Å². The highest BCUT2D eigenvalue weighted by Crippen LogP contribution is 2.21. The van der Waals surface area contributed by atoms with Crippen LogP contribution in [0.4, 0.5) is 4.79 Å². The second kappa shape index (κ2) is 6.28. The van der Waals surface area contributed by atoms with Crippen molar-refractivity contribution >= 4 is 16.2 Å². The Kier molecular flexibility index (Phi) is 5.39. The predicted octanol–water partition coefficient (Wildman–Crippen LogP) is 0.580. The summed E-state index contributed by atoms with van der Waals surface area (Å²) >= 11 is 0. The van der Waals surface area contributed by atoms with E-state index in [-0.39, 0.29) is 19.1 Å². The summed E-state index contributed by atoms with van der Waals surface area (Å²) < 4.78 is 31.8. The molecule has 0 aliphatic carbocycles. The normalized spacial score (nSPS) is 24.6. The molecule has 8 heteroatoms. The van der Waals surface area contributed by atoms with Gasteiger partial charge in [0.05, 0.1) is 25.5 Å². The number of hydrogen-bond acceptors (Lipinski definition) is 6. The second-order valence-electron chi connectivity index (χ2n) is 6.03. The molecule has 118 valence electrons. The molecule has 1 N–H and O–H groups in total. The fourth-order valence-corrected chi connectivity index (χ4v) is 2.30. The smallest absolute Gasteiger partial charge is 0.410 e. The highest BCUT2D eigenvalue weighted by atomic mass is 32.2. The van der Waals surface area contributed by atoms with E-state index in [9.17, 15) is 18.3 Å². The summed E-state index contributed by atoms with van der Waals surface area (Å²) in [7, 11) is -3.52. The van der Waals surface area contributed by atoms with Crippen LogP contribution in [-0.4, -0.2) is 62.2 Å². The molecule has 1 rings (SSSR count). The van der Waals surface area contributed by atoms with Gasteiger partial charge in [-0.05, 0) is 27.2 Å². The van der Waals surface area contributed by atoms with Crippen molar-refractivity contribution in [3.63, 3.8) is 0 Å². The second-order valence-corrected chi connectivity index (χ2v) is 7.68. The van der Waals surface area contributed by atoms with Gasteiger partial charge in [-0.2, -0.15) is 8.42 Å². The topological polar surface area (TPSA) is 93.1 Å². The first kappa shape index (κ1) is 17.2. The van der Waals surface area contributed by atoms with Crippen molar-refractivity contribution in [3.8, 4) is 0 Å². The zero-order valence-corrected chi connectivity index (χ0v) is 13.1. The molecule has 1 aliphatic rings. The molecule has 2 atom stereocenters. The number of aliphatic hydroxyl groups is 1. The molecule has 1 aliphatic heterocycles. The number of carbonyl (C=O) groups is 1. The predicted molar refractivity (Wildman–Crippen MR) is 72.7 cm³/mol. The van der Waals surface area contributed by atoms with E-state index in [1.54, 1.807) is 20.8 Å². The Balaban J connectivity index is 2.49. The maximum Gasteiger partial charge on any atom is 0.410 e. The Labute approximate surface area is 120 Å². The van der Waals surface area contributed by atoms with Gasteiger partial charge in [0.15, 0.2) is 0 Å². The van der Waals surface area contributed by atoms with Crippen molar-refractivity contribution in [1.29, 1.82) is 0 Å². The number of hydrogen-bond donors (Lipinski definition) is 1. The molecule has 7 nitrogen and oxygen atoms in total. The number of ether oxygens (including phenoxy) is 1. The lowest BCUT2D eigenvalue weighted by Gasteiger charge is -2.36. The van der Waals surface area contributed by atoms with Crippen molar-refractivity contribution in [2.24, 2.45) is 5.92 Å². The number of rotatable bonds is 3. The molecule has 1 saturated heterocycles. The van der Waals surface area contributed by atoms with Gasteiger partial charge < -0.3 is 14.7 Å². The molecule has 1 amide bonds. The van der Waals surface area contributed by atoms with E-state index in [1.807, 2.05) is 0 Å². The lowest BCUT2D eigenvalue weighted by molar-refractivity contribution is -0.0205. The SMILES string of the molecule is CC(C)(C)OC(=O)N1CC[C@@H](COS(C)(=O)=O)[C@@H](O)C1. The van der Waals surface area contributed by atoms with Crippen molar-refractivity contribution in [2.75, 3.05) is 26.0 Å². The quantitative estimate of drug-likeness (QED) is 0.767. The molecule has 1 heterocycles. The van der Waals surface area contributed by atoms with Crippen LogP contribution in [0.5, 0.6) is 0 Å². The summed E-state index contributed by atoms with van der Waals surface area (Å²) in [6, 6.07) is 0. The van der Waals surface area contributed by atoms with Crippen LogP contribution >= 0.6 is 0 Å². The van der Waals surface area contributed by atoms with Crippen LogP contribution in [0.1, 0.15) is 27.2 Å². The van der Waals surface area contributed by atoms with Crippen molar-refractivity contribution in [1.82, 2.24) is 4.90 Å². The number of piperidine rings is 1. The van der Waals surface area contributed by atoms with Gasteiger partial charge in [0.2, 0.25) is 0 Å². The average Bonchev–Trinajstić information content (AvgIpc) is 2.23. The highest BCUT2D eigenvalue weighted by Gasteiger charge is 2.33. The van der Waals surface area contributed by atoms with Crippen molar-refractivity contribution in [3.05, 3.63) is 0 Å². The highest BCUT2D eigenvalue weighted by molar-refractivity contribution is 7.85. The third kappa shape index (κ3) is 6.06. The van der Waals surface area contributed by atoms with Gasteiger partial charge in [-0.3, -0.25) is 4.18 Å². The summed E-state index contributed by atoms with van der Waals surface area (Å²) in [4.78, 5) is 13.3. The molecule has 0 saturated carbocycles. The molecule has 0 unspecified atom stereocenters. The fourth-order valence-electron chi connectivity index (χ4n) is 1.88. The first-order valence-electron chi connectivity index (χ1n) is 6.48. The summed E-state index contributed by atoms with van der Waals surface area (Å²) in [5.74, 6) is -0.302. The van der Waals surface area contributed by atoms with Gasteiger partial charge in [-0.1, -0.05) is 0 Å². The number of nitrogens with zero attached hydrogens (tertiary/aromatic N) is 1. The van der Waals surface area contributed by atoms with E-state index in [1.165, 1.54) is 4.90 Å². The summed E-state index contributed by atoms with van der Waals surface area (Å²) in [6.07, 6.45) is 0.141. The van der Waals surface area contributed by atoms with Gasteiger partial charge in [0, 0.05) is 12.5 Å². The number of likely N-dealkylation sites (tertiary alicyclic amines) is 1.